The Kier molecular flexibility index (Phi) is 2.49. The van der Waals surface area contributed by atoms with Crippen molar-refractivity contribution in [3.8, 4) is 6.07 Å². The van der Waals surface area contributed by atoms with Gasteiger partial charge in [-0.1, -0.05) is 6.92 Å². The number of hydrogen-bond acceptors (Lipinski definition) is 2. The summed E-state index contributed by atoms with van der Waals surface area (Å²) in [4.78, 5) is 10.6. The summed E-state index contributed by atoms with van der Waals surface area (Å²) in [5, 5.41) is 17.3. The molecule has 0 aromatic heterocycles. The zero-order valence-electron chi connectivity index (χ0n) is 7.00. The number of allylic oxidation sites excluding steroid dienone is 1. The fraction of sp³-hybridized carbons (Fsp3) is 0.556. The van der Waals surface area contributed by atoms with Crippen molar-refractivity contribution in [2.24, 2.45) is 5.92 Å². The van der Waals surface area contributed by atoms with Crippen LogP contribution in [0, 0.1) is 17.2 Å². The molecule has 0 aliphatic heterocycles. The van der Waals surface area contributed by atoms with Gasteiger partial charge in [0.2, 0.25) is 0 Å². The van der Waals surface area contributed by atoms with Gasteiger partial charge in [-0.2, -0.15) is 5.26 Å². The number of rotatable bonds is 1. The molecule has 1 N–H and O–H groups in total. The molecule has 0 saturated heterocycles. The number of carboxylic acids is 1. The van der Waals surface area contributed by atoms with Crippen molar-refractivity contribution in [3.63, 3.8) is 0 Å². The van der Waals surface area contributed by atoms with Crippen molar-refractivity contribution in [1.29, 1.82) is 5.26 Å². The Labute approximate surface area is 71.3 Å². The van der Waals surface area contributed by atoms with Gasteiger partial charge in [0, 0.05) is 0 Å². The van der Waals surface area contributed by atoms with E-state index in [1.54, 1.807) is 6.07 Å². The van der Waals surface area contributed by atoms with Gasteiger partial charge in [-0.15, -0.1) is 0 Å². The van der Waals surface area contributed by atoms with Crippen molar-refractivity contribution < 1.29 is 9.90 Å². The quantitative estimate of drug-likeness (QED) is 0.475. The minimum atomic E-state index is -1.08. The lowest BCUT2D eigenvalue weighted by molar-refractivity contribution is -0.132. The second-order valence-electron chi connectivity index (χ2n) is 3.11. The highest BCUT2D eigenvalue weighted by atomic mass is 16.4. The summed E-state index contributed by atoms with van der Waals surface area (Å²) in [6.07, 6.45) is 2.79. The molecule has 0 amide bonds. The van der Waals surface area contributed by atoms with Crippen LogP contribution >= 0.6 is 0 Å². The molecule has 1 rings (SSSR count). The predicted octanol–water partition coefficient (Wildman–Crippen LogP) is 1.71. The van der Waals surface area contributed by atoms with Gasteiger partial charge in [0.05, 0.1) is 0 Å². The number of carboxylic acid groups (broad SMARTS) is 1. The van der Waals surface area contributed by atoms with Crippen molar-refractivity contribution in [2.45, 2.75) is 26.2 Å². The zero-order chi connectivity index (χ0) is 9.14. The van der Waals surface area contributed by atoms with Gasteiger partial charge in [-0.05, 0) is 30.8 Å². The molecule has 64 valence electrons. The van der Waals surface area contributed by atoms with Gasteiger partial charge >= 0.3 is 5.97 Å². The third-order valence-electron chi connectivity index (χ3n) is 2.32. The van der Waals surface area contributed by atoms with E-state index in [4.69, 9.17) is 10.4 Å². The van der Waals surface area contributed by atoms with Crippen LogP contribution in [-0.2, 0) is 4.79 Å². The van der Waals surface area contributed by atoms with Crippen LogP contribution in [0.2, 0.25) is 0 Å². The lowest BCUT2D eigenvalue weighted by atomic mass is 10.00. The minimum Gasteiger partial charge on any atom is -0.477 e. The number of hydrogen-bond donors (Lipinski definition) is 1. The van der Waals surface area contributed by atoms with Crippen molar-refractivity contribution >= 4 is 5.97 Å². The normalized spacial score (nSPS) is 26.5. The topological polar surface area (TPSA) is 61.1 Å². The maximum atomic E-state index is 10.6. The largest absolute Gasteiger partial charge is 0.477 e. The fourth-order valence-corrected chi connectivity index (χ4v) is 1.65. The monoisotopic (exact) mass is 165 g/mol. The van der Waals surface area contributed by atoms with Gasteiger partial charge in [0.15, 0.2) is 0 Å². The number of nitrogens with zero attached hydrogens (tertiary/aromatic N) is 1. The molecular formula is C9H11NO2. The molecule has 12 heavy (non-hydrogen) atoms. The van der Waals surface area contributed by atoms with E-state index in [2.05, 4.69) is 0 Å². The molecule has 1 unspecified atom stereocenters. The highest BCUT2D eigenvalue weighted by molar-refractivity contribution is 5.92. The summed E-state index contributed by atoms with van der Waals surface area (Å²) in [6, 6.07) is 1.75. The maximum absolute atomic E-state index is 10.6. The Morgan fingerprint density at radius 3 is 2.75 bits per heavy atom. The van der Waals surface area contributed by atoms with E-state index in [0.717, 1.165) is 24.8 Å². The molecule has 0 aromatic carbocycles. The van der Waals surface area contributed by atoms with Gasteiger partial charge in [0.25, 0.3) is 0 Å². The highest BCUT2D eigenvalue weighted by Crippen LogP contribution is 2.32. The van der Waals surface area contributed by atoms with Crippen LogP contribution < -0.4 is 0 Å². The second kappa shape index (κ2) is 3.40. The molecule has 1 aliphatic rings. The third-order valence-corrected chi connectivity index (χ3v) is 2.32. The molecular weight excluding hydrogens is 154 g/mol. The van der Waals surface area contributed by atoms with Crippen LogP contribution in [0.4, 0.5) is 0 Å². The lowest BCUT2D eigenvalue weighted by Crippen LogP contribution is -2.04. The van der Waals surface area contributed by atoms with E-state index in [1.165, 1.54) is 0 Å². The molecule has 3 heteroatoms. The van der Waals surface area contributed by atoms with E-state index < -0.39 is 5.97 Å². The van der Waals surface area contributed by atoms with E-state index in [-0.39, 0.29) is 11.5 Å². The summed E-state index contributed by atoms with van der Waals surface area (Å²) < 4.78 is 0. The standard InChI is InChI=1S/C9H11NO2/c1-6-3-2-4-7(6)8(5-10)9(11)12/h6H,2-4H2,1H3,(H,11,12). The smallest absolute Gasteiger partial charge is 0.346 e. The average molecular weight is 165 g/mol. The van der Waals surface area contributed by atoms with Crippen molar-refractivity contribution in [2.75, 3.05) is 0 Å². The van der Waals surface area contributed by atoms with E-state index >= 15 is 0 Å². The van der Waals surface area contributed by atoms with Gasteiger partial charge in [-0.3, -0.25) is 0 Å². The molecule has 0 radical (unpaired) electrons. The van der Waals surface area contributed by atoms with Gasteiger partial charge in [-0.25, -0.2) is 4.79 Å². The number of nitriles is 1. The van der Waals surface area contributed by atoms with Gasteiger partial charge < -0.3 is 5.11 Å². The first-order chi connectivity index (χ1) is 5.66. The highest BCUT2D eigenvalue weighted by Gasteiger charge is 2.23. The number of carbonyl (C=O) groups is 1. The Balaban J connectivity index is 3.01. The Hall–Kier alpha value is -1.30. The molecule has 0 spiro atoms. The SMILES string of the molecule is CC1CCCC1=C(C#N)C(=O)O. The summed E-state index contributed by atoms with van der Waals surface area (Å²) in [5.41, 5.74) is 0.782. The van der Waals surface area contributed by atoms with Crippen molar-refractivity contribution in [1.82, 2.24) is 0 Å². The van der Waals surface area contributed by atoms with Crippen LogP contribution in [-0.4, -0.2) is 11.1 Å². The third kappa shape index (κ3) is 1.48. The van der Waals surface area contributed by atoms with E-state index in [1.807, 2.05) is 6.92 Å². The predicted molar refractivity (Wildman–Crippen MR) is 43.3 cm³/mol. The second-order valence-corrected chi connectivity index (χ2v) is 3.11. The lowest BCUT2D eigenvalue weighted by Gasteiger charge is -2.04. The first-order valence-electron chi connectivity index (χ1n) is 4.03. The average Bonchev–Trinajstić information content (AvgIpc) is 2.38. The van der Waals surface area contributed by atoms with E-state index in [9.17, 15) is 4.79 Å². The van der Waals surface area contributed by atoms with Crippen LogP contribution in [0.3, 0.4) is 0 Å². The zero-order valence-corrected chi connectivity index (χ0v) is 7.00. The Bertz CT molecular complexity index is 273. The van der Waals surface area contributed by atoms with Crippen LogP contribution in [0.15, 0.2) is 11.1 Å². The molecule has 1 fully saturated rings. The van der Waals surface area contributed by atoms with Crippen LogP contribution in [0.25, 0.3) is 0 Å². The summed E-state index contributed by atoms with van der Waals surface area (Å²) in [5.74, 6) is -0.808. The molecule has 0 bridgehead atoms. The molecule has 0 heterocycles. The summed E-state index contributed by atoms with van der Waals surface area (Å²) in [6.45, 7) is 1.97. The Morgan fingerprint density at radius 2 is 2.42 bits per heavy atom. The summed E-state index contributed by atoms with van der Waals surface area (Å²) >= 11 is 0. The molecule has 1 aliphatic carbocycles. The van der Waals surface area contributed by atoms with E-state index in [0.29, 0.717) is 0 Å². The first-order valence-corrected chi connectivity index (χ1v) is 4.03. The molecule has 0 aromatic rings. The first kappa shape index (κ1) is 8.79. The molecule has 1 saturated carbocycles. The van der Waals surface area contributed by atoms with Crippen LogP contribution in [0.5, 0.6) is 0 Å². The fourth-order valence-electron chi connectivity index (χ4n) is 1.65. The molecule has 1 atom stereocenters. The number of aliphatic carboxylic acids is 1. The van der Waals surface area contributed by atoms with Crippen molar-refractivity contribution in [3.05, 3.63) is 11.1 Å². The minimum absolute atomic E-state index is 0.0417. The maximum Gasteiger partial charge on any atom is 0.346 e. The van der Waals surface area contributed by atoms with Gasteiger partial charge in [0.1, 0.15) is 11.6 Å². The molecule has 3 nitrogen and oxygen atoms in total. The Morgan fingerprint density at radius 1 is 1.75 bits per heavy atom. The van der Waals surface area contributed by atoms with Crippen LogP contribution in [0.1, 0.15) is 26.2 Å². The summed E-state index contributed by atoms with van der Waals surface area (Å²) in [7, 11) is 0.